The topological polar surface area (TPSA) is 38.3 Å². The van der Waals surface area contributed by atoms with Gasteiger partial charge in [-0.1, -0.05) is 18.2 Å². The summed E-state index contributed by atoms with van der Waals surface area (Å²) in [5.41, 5.74) is 1.33. The van der Waals surface area contributed by atoms with E-state index in [9.17, 15) is 4.79 Å². The summed E-state index contributed by atoms with van der Waals surface area (Å²) in [4.78, 5) is 10.9. The summed E-state index contributed by atoms with van der Waals surface area (Å²) < 4.78 is 5.92. The predicted molar refractivity (Wildman–Crippen MR) is 74.8 cm³/mol. The van der Waals surface area contributed by atoms with E-state index in [1.807, 2.05) is 0 Å². The van der Waals surface area contributed by atoms with Crippen molar-refractivity contribution in [2.24, 2.45) is 0 Å². The van der Waals surface area contributed by atoms with Gasteiger partial charge < -0.3 is 10.1 Å². The van der Waals surface area contributed by atoms with Crippen LogP contribution in [-0.2, 0) is 16.1 Å². The number of hydrogen-bond donors (Lipinski definition) is 1. The van der Waals surface area contributed by atoms with E-state index in [1.165, 1.54) is 22.8 Å². The van der Waals surface area contributed by atoms with Gasteiger partial charge in [-0.05, 0) is 35.4 Å². The Balaban J connectivity index is 1.78. The highest BCUT2D eigenvalue weighted by molar-refractivity contribution is 7.17. The van der Waals surface area contributed by atoms with Crippen LogP contribution in [0, 0.1) is 0 Å². The van der Waals surface area contributed by atoms with Crippen molar-refractivity contribution in [2.75, 3.05) is 13.7 Å². The highest BCUT2D eigenvalue weighted by Gasteiger charge is 2.03. The zero-order chi connectivity index (χ0) is 12.8. The van der Waals surface area contributed by atoms with E-state index in [4.69, 9.17) is 0 Å². The molecule has 0 saturated heterocycles. The summed E-state index contributed by atoms with van der Waals surface area (Å²) in [5.74, 6) is -0.141. The van der Waals surface area contributed by atoms with E-state index in [-0.39, 0.29) is 5.97 Å². The van der Waals surface area contributed by atoms with Gasteiger partial charge in [-0.15, -0.1) is 11.3 Å². The first kappa shape index (κ1) is 13.1. The van der Waals surface area contributed by atoms with E-state index in [0.717, 1.165) is 19.5 Å². The molecule has 2 aromatic rings. The molecule has 0 radical (unpaired) electrons. The Hall–Kier alpha value is -1.39. The van der Waals surface area contributed by atoms with Gasteiger partial charge in [0, 0.05) is 17.7 Å². The molecule has 1 heterocycles. The van der Waals surface area contributed by atoms with Crippen LogP contribution in [-0.4, -0.2) is 19.6 Å². The second kappa shape index (κ2) is 6.52. The summed E-state index contributed by atoms with van der Waals surface area (Å²) in [7, 11) is 1.42. The molecule has 0 amide bonds. The van der Waals surface area contributed by atoms with E-state index >= 15 is 0 Å². The maximum absolute atomic E-state index is 10.9. The third kappa shape index (κ3) is 3.31. The van der Waals surface area contributed by atoms with Gasteiger partial charge >= 0.3 is 5.97 Å². The minimum atomic E-state index is -0.141. The molecule has 4 heteroatoms. The van der Waals surface area contributed by atoms with E-state index in [2.05, 4.69) is 39.7 Å². The van der Waals surface area contributed by atoms with Gasteiger partial charge in [0.25, 0.3) is 0 Å². The Morgan fingerprint density at radius 3 is 3.06 bits per heavy atom. The lowest BCUT2D eigenvalue weighted by molar-refractivity contribution is -0.140. The number of nitrogens with one attached hydrogen (secondary N) is 1. The average Bonchev–Trinajstić information content (AvgIpc) is 2.81. The first-order valence-corrected chi connectivity index (χ1v) is 6.92. The van der Waals surface area contributed by atoms with Crippen molar-refractivity contribution in [1.29, 1.82) is 0 Å². The van der Waals surface area contributed by atoms with Crippen molar-refractivity contribution in [3.8, 4) is 0 Å². The molecule has 0 aliphatic heterocycles. The molecule has 0 aliphatic rings. The van der Waals surface area contributed by atoms with Crippen molar-refractivity contribution in [1.82, 2.24) is 5.32 Å². The second-order valence-electron chi connectivity index (χ2n) is 4.11. The number of rotatable bonds is 6. The molecule has 0 saturated carbocycles. The quantitative estimate of drug-likeness (QED) is 0.643. The number of thiophene rings is 1. The summed E-state index contributed by atoms with van der Waals surface area (Å²) in [6.07, 6.45) is 1.29. The molecule has 0 atom stereocenters. The summed E-state index contributed by atoms with van der Waals surface area (Å²) in [6, 6.07) is 8.42. The Morgan fingerprint density at radius 1 is 1.39 bits per heavy atom. The third-order valence-corrected chi connectivity index (χ3v) is 3.85. The Bertz CT molecular complexity index is 521. The van der Waals surface area contributed by atoms with Crippen LogP contribution in [0.5, 0.6) is 0 Å². The zero-order valence-electron chi connectivity index (χ0n) is 10.4. The first-order chi connectivity index (χ1) is 8.81. The smallest absolute Gasteiger partial charge is 0.305 e. The summed E-state index contributed by atoms with van der Waals surface area (Å²) in [6.45, 7) is 1.68. The van der Waals surface area contributed by atoms with Crippen LogP contribution in [0.2, 0.25) is 0 Å². The molecule has 2 rings (SSSR count). The average molecular weight is 263 g/mol. The fourth-order valence-electron chi connectivity index (χ4n) is 1.85. The largest absolute Gasteiger partial charge is 0.469 e. The van der Waals surface area contributed by atoms with Gasteiger partial charge in [0.1, 0.15) is 0 Å². The zero-order valence-corrected chi connectivity index (χ0v) is 11.3. The van der Waals surface area contributed by atoms with Gasteiger partial charge in [-0.25, -0.2) is 0 Å². The molecule has 3 nitrogen and oxygen atoms in total. The van der Waals surface area contributed by atoms with Gasteiger partial charge in [-0.2, -0.15) is 0 Å². The maximum Gasteiger partial charge on any atom is 0.305 e. The normalized spacial score (nSPS) is 10.7. The van der Waals surface area contributed by atoms with Crippen LogP contribution in [0.3, 0.4) is 0 Å². The number of methoxy groups -OCH3 is 1. The molecule has 1 aromatic heterocycles. The number of carbonyl (C=O) groups is 1. The Kier molecular flexibility index (Phi) is 4.73. The van der Waals surface area contributed by atoms with Gasteiger partial charge in [0.15, 0.2) is 0 Å². The molecule has 1 aromatic carbocycles. The molecule has 18 heavy (non-hydrogen) atoms. The van der Waals surface area contributed by atoms with Crippen LogP contribution in [0.1, 0.15) is 18.4 Å². The fourth-order valence-corrected chi connectivity index (χ4v) is 2.82. The first-order valence-electron chi connectivity index (χ1n) is 6.04. The lowest BCUT2D eigenvalue weighted by atomic mass is 10.2. The number of ether oxygens (including phenoxy) is 1. The van der Waals surface area contributed by atoms with E-state index < -0.39 is 0 Å². The van der Waals surface area contributed by atoms with Crippen molar-refractivity contribution in [3.63, 3.8) is 0 Å². The predicted octanol–water partition coefficient (Wildman–Crippen LogP) is 2.94. The van der Waals surface area contributed by atoms with Crippen LogP contribution in [0.25, 0.3) is 10.1 Å². The molecule has 0 fully saturated rings. The number of benzene rings is 1. The van der Waals surface area contributed by atoms with Gasteiger partial charge in [0.05, 0.1) is 7.11 Å². The molecule has 1 N–H and O–H groups in total. The highest BCUT2D eigenvalue weighted by Crippen LogP contribution is 2.25. The molecule has 96 valence electrons. The lowest BCUT2D eigenvalue weighted by Crippen LogP contribution is -2.15. The Labute approximate surface area is 111 Å². The lowest BCUT2D eigenvalue weighted by Gasteiger charge is -2.03. The Morgan fingerprint density at radius 2 is 2.22 bits per heavy atom. The number of carbonyl (C=O) groups excluding carboxylic acids is 1. The minimum Gasteiger partial charge on any atom is -0.469 e. The summed E-state index contributed by atoms with van der Waals surface area (Å²) >= 11 is 1.77. The van der Waals surface area contributed by atoms with Gasteiger partial charge in [-0.3, -0.25) is 4.79 Å². The second-order valence-corrected chi connectivity index (χ2v) is 5.02. The molecule has 0 aliphatic carbocycles. The van der Waals surface area contributed by atoms with Crippen LogP contribution >= 0.6 is 11.3 Å². The van der Waals surface area contributed by atoms with E-state index in [0.29, 0.717) is 6.42 Å². The van der Waals surface area contributed by atoms with Crippen LogP contribution in [0.4, 0.5) is 0 Å². The van der Waals surface area contributed by atoms with Crippen molar-refractivity contribution in [3.05, 3.63) is 35.2 Å². The van der Waals surface area contributed by atoms with Gasteiger partial charge in [0.2, 0.25) is 0 Å². The number of esters is 1. The standard InChI is InChI=1S/C14H17NO2S/c1-17-14(16)7-4-8-15-9-11-10-18-13-6-3-2-5-12(11)13/h2-3,5-6,10,15H,4,7-9H2,1H3. The molecule has 0 spiro atoms. The molecular weight excluding hydrogens is 246 g/mol. The van der Waals surface area contributed by atoms with Crippen molar-refractivity contribution < 1.29 is 9.53 Å². The highest BCUT2D eigenvalue weighted by atomic mass is 32.1. The third-order valence-electron chi connectivity index (χ3n) is 2.84. The SMILES string of the molecule is COC(=O)CCCNCc1csc2ccccc12. The molecule has 0 unspecified atom stereocenters. The fraction of sp³-hybridized carbons (Fsp3) is 0.357. The number of hydrogen-bond acceptors (Lipinski definition) is 4. The number of fused-ring (bicyclic) bond motifs is 1. The van der Waals surface area contributed by atoms with Crippen LogP contribution < -0.4 is 5.32 Å². The molecule has 0 bridgehead atoms. The minimum absolute atomic E-state index is 0.141. The van der Waals surface area contributed by atoms with E-state index in [1.54, 1.807) is 11.3 Å². The van der Waals surface area contributed by atoms with Crippen molar-refractivity contribution in [2.45, 2.75) is 19.4 Å². The maximum atomic E-state index is 10.9. The molecular formula is C14H17NO2S. The monoisotopic (exact) mass is 263 g/mol. The van der Waals surface area contributed by atoms with Crippen molar-refractivity contribution >= 4 is 27.4 Å². The van der Waals surface area contributed by atoms with Crippen LogP contribution in [0.15, 0.2) is 29.6 Å². The summed E-state index contributed by atoms with van der Waals surface area (Å²) in [5, 5.41) is 6.87.